The second kappa shape index (κ2) is 7.18. The van der Waals surface area contributed by atoms with E-state index in [0.717, 1.165) is 43.0 Å². The van der Waals surface area contributed by atoms with Gasteiger partial charge >= 0.3 is 5.97 Å². The first-order valence-corrected chi connectivity index (χ1v) is 11.2. The Morgan fingerprint density at radius 1 is 1.33 bits per heavy atom. The predicted octanol–water partition coefficient (Wildman–Crippen LogP) is 5.15. The fraction of sp³-hybridized carbons (Fsp3) is 0.364. The van der Waals surface area contributed by atoms with Crippen LogP contribution in [-0.2, 0) is 6.42 Å². The highest BCUT2D eigenvalue weighted by molar-refractivity contribution is 7.15. The number of aromatic nitrogens is 1. The van der Waals surface area contributed by atoms with E-state index in [2.05, 4.69) is 5.32 Å². The number of fused-ring (bicyclic) bond motifs is 2. The van der Waals surface area contributed by atoms with Crippen molar-refractivity contribution in [3.8, 4) is 10.4 Å². The van der Waals surface area contributed by atoms with Gasteiger partial charge < -0.3 is 15.0 Å². The van der Waals surface area contributed by atoms with Gasteiger partial charge in [0.25, 0.3) is 0 Å². The molecule has 8 heteroatoms. The zero-order valence-corrected chi connectivity index (χ0v) is 17.9. The van der Waals surface area contributed by atoms with Gasteiger partial charge in [-0.15, -0.1) is 11.3 Å². The maximum atomic E-state index is 15.3. The largest absolute Gasteiger partial charge is 0.477 e. The summed E-state index contributed by atoms with van der Waals surface area (Å²) in [7, 11) is 1.93. The zero-order chi connectivity index (χ0) is 21.2. The number of hydrogen-bond donors (Lipinski definition) is 2. The molecule has 1 atom stereocenters. The van der Waals surface area contributed by atoms with Gasteiger partial charge in [0.15, 0.2) is 0 Å². The fourth-order valence-corrected chi connectivity index (χ4v) is 6.20. The number of rotatable bonds is 4. The summed E-state index contributed by atoms with van der Waals surface area (Å²) >= 11 is 8.28. The van der Waals surface area contributed by atoms with Gasteiger partial charge in [0.05, 0.1) is 15.9 Å². The number of carboxylic acids is 1. The molecule has 1 unspecified atom stereocenters. The van der Waals surface area contributed by atoms with Crippen LogP contribution < -0.4 is 10.7 Å². The molecule has 5 nitrogen and oxygen atoms in total. The Balaban J connectivity index is 1.78. The molecule has 0 saturated heterocycles. The molecular formula is C22H20ClFN2O3S. The molecule has 2 heterocycles. The van der Waals surface area contributed by atoms with Crippen molar-refractivity contribution in [2.45, 2.75) is 44.2 Å². The van der Waals surface area contributed by atoms with E-state index in [0.29, 0.717) is 5.52 Å². The van der Waals surface area contributed by atoms with Gasteiger partial charge in [0.1, 0.15) is 11.4 Å². The molecule has 0 aliphatic heterocycles. The normalized spacial score (nSPS) is 18.6. The third kappa shape index (κ3) is 2.99. The van der Waals surface area contributed by atoms with Crippen LogP contribution in [0.2, 0.25) is 5.02 Å². The van der Waals surface area contributed by atoms with Crippen molar-refractivity contribution in [2.24, 2.45) is 0 Å². The minimum absolute atomic E-state index is 0.0162. The van der Waals surface area contributed by atoms with Crippen LogP contribution >= 0.6 is 22.9 Å². The maximum Gasteiger partial charge on any atom is 0.341 e. The van der Waals surface area contributed by atoms with Crippen molar-refractivity contribution < 1.29 is 14.3 Å². The Hall–Kier alpha value is -2.22. The van der Waals surface area contributed by atoms with Gasteiger partial charge in [-0.1, -0.05) is 11.6 Å². The number of hydrogen-bond acceptors (Lipinski definition) is 4. The summed E-state index contributed by atoms with van der Waals surface area (Å²) in [4.78, 5) is 26.2. The van der Waals surface area contributed by atoms with Crippen LogP contribution in [0.15, 0.2) is 23.1 Å². The summed E-state index contributed by atoms with van der Waals surface area (Å²) < 4.78 is 17.0. The summed E-state index contributed by atoms with van der Waals surface area (Å²) in [5.74, 6) is -1.92. The highest BCUT2D eigenvalue weighted by atomic mass is 35.5. The van der Waals surface area contributed by atoms with Gasteiger partial charge in [-0.2, -0.15) is 0 Å². The molecule has 2 aromatic heterocycles. The number of carbonyl (C=O) groups is 1. The Morgan fingerprint density at radius 2 is 2.10 bits per heavy atom. The van der Waals surface area contributed by atoms with Gasteiger partial charge in [-0.25, -0.2) is 9.18 Å². The summed E-state index contributed by atoms with van der Waals surface area (Å²) in [6.07, 6.45) is 6.17. The van der Waals surface area contributed by atoms with E-state index < -0.39 is 17.2 Å². The van der Waals surface area contributed by atoms with E-state index in [9.17, 15) is 14.7 Å². The molecule has 3 aromatic rings. The Morgan fingerprint density at radius 3 is 2.77 bits per heavy atom. The second-order valence-corrected chi connectivity index (χ2v) is 9.50. The molecule has 1 aromatic carbocycles. The van der Waals surface area contributed by atoms with E-state index in [1.165, 1.54) is 16.6 Å². The SMILES string of the molecule is CNC1CCCc2sc(-c3c(F)cc4c(=O)c(C(=O)O)cn(C5CC5)c4c3Cl)cc21. The monoisotopic (exact) mass is 446 g/mol. The number of carboxylic acid groups (broad SMARTS) is 1. The van der Waals surface area contributed by atoms with Crippen LogP contribution in [0.5, 0.6) is 0 Å². The predicted molar refractivity (Wildman–Crippen MR) is 116 cm³/mol. The minimum Gasteiger partial charge on any atom is -0.477 e. The van der Waals surface area contributed by atoms with Crippen molar-refractivity contribution in [3.63, 3.8) is 0 Å². The molecule has 156 valence electrons. The third-order valence-electron chi connectivity index (χ3n) is 6.09. The average molecular weight is 447 g/mol. The Kier molecular flexibility index (Phi) is 4.72. The number of aromatic carboxylic acids is 1. The molecule has 0 amide bonds. The lowest BCUT2D eigenvalue weighted by Gasteiger charge is -2.21. The summed E-state index contributed by atoms with van der Waals surface area (Å²) in [6.45, 7) is 0. The van der Waals surface area contributed by atoms with Crippen LogP contribution in [0.4, 0.5) is 4.39 Å². The average Bonchev–Trinajstić information content (AvgIpc) is 3.46. The lowest BCUT2D eigenvalue weighted by Crippen LogP contribution is -2.19. The number of nitrogens with zero attached hydrogens (tertiary/aromatic N) is 1. The molecular weight excluding hydrogens is 427 g/mol. The zero-order valence-electron chi connectivity index (χ0n) is 16.3. The van der Waals surface area contributed by atoms with E-state index in [-0.39, 0.29) is 33.6 Å². The summed E-state index contributed by atoms with van der Waals surface area (Å²) in [5, 5.41) is 12.9. The number of aryl methyl sites for hydroxylation is 1. The van der Waals surface area contributed by atoms with Crippen LogP contribution in [0.1, 0.15) is 58.6 Å². The maximum absolute atomic E-state index is 15.3. The Labute approximate surface area is 181 Å². The standard InChI is InChI=1S/C22H20ClFN2O3S/c1-25-15-3-2-4-16-11(15)8-17(30-16)18-14(24)7-12-20(19(18)23)26(10-5-6-10)9-13(21(12)27)22(28)29/h7-10,15,25H,2-6H2,1H3,(H,28,29). The van der Waals surface area contributed by atoms with E-state index in [1.807, 2.05) is 13.1 Å². The lowest BCUT2D eigenvalue weighted by atomic mass is 9.93. The highest BCUT2D eigenvalue weighted by Crippen LogP contribution is 2.46. The van der Waals surface area contributed by atoms with Crippen LogP contribution in [0.25, 0.3) is 21.3 Å². The summed E-state index contributed by atoms with van der Waals surface area (Å²) in [6, 6.07) is 3.47. The van der Waals surface area contributed by atoms with Crippen molar-refractivity contribution in [1.29, 1.82) is 0 Å². The number of pyridine rings is 1. The van der Waals surface area contributed by atoms with Gasteiger partial charge in [-0.05, 0) is 56.8 Å². The van der Waals surface area contributed by atoms with Gasteiger partial charge in [-0.3, -0.25) is 4.79 Å². The van der Waals surface area contributed by atoms with Crippen molar-refractivity contribution in [3.05, 3.63) is 55.4 Å². The first kappa shape index (κ1) is 19.7. The van der Waals surface area contributed by atoms with E-state index in [1.54, 1.807) is 15.9 Å². The molecule has 30 heavy (non-hydrogen) atoms. The van der Waals surface area contributed by atoms with Gasteiger partial charge in [0.2, 0.25) is 5.43 Å². The van der Waals surface area contributed by atoms with Crippen LogP contribution in [0.3, 0.4) is 0 Å². The van der Waals surface area contributed by atoms with Crippen LogP contribution in [0, 0.1) is 5.82 Å². The topological polar surface area (TPSA) is 71.3 Å². The number of thiophene rings is 1. The lowest BCUT2D eigenvalue weighted by molar-refractivity contribution is 0.0695. The van der Waals surface area contributed by atoms with Gasteiger partial charge in [0, 0.05) is 33.6 Å². The first-order chi connectivity index (χ1) is 14.4. The molecule has 1 saturated carbocycles. The molecule has 2 aliphatic rings. The van der Waals surface area contributed by atoms with Crippen molar-refractivity contribution >= 4 is 39.8 Å². The minimum atomic E-state index is -1.32. The first-order valence-electron chi connectivity index (χ1n) is 10.0. The molecule has 2 N–H and O–H groups in total. The number of halogens is 2. The molecule has 1 fully saturated rings. The van der Waals surface area contributed by atoms with E-state index in [4.69, 9.17) is 11.6 Å². The van der Waals surface area contributed by atoms with Crippen LogP contribution in [-0.4, -0.2) is 22.7 Å². The number of nitrogens with one attached hydrogen (secondary N) is 1. The quantitative estimate of drug-likeness (QED) is 0.581. The molecule has 5 rings (SSSR count). The summed E-state index contributed by atoms with van der Waals surface area (Å²) in [5.41, 5.74) is 0.820. The van der Waals surface area contributed by atoms with Crippen molar-refractivity contribution in [2.75, 3.05) is 7.05 Å². The second-order valence-electron chi connectivity index (χ2n) is 7.98. The molecule has 0 bridgehead atoms. The number of benzene rings is 1. The fourth-order valence-electron chi connectivity index (χ4n) is 4.44. The van der Waals surface area contributed by atoms with E-state index >= 15 is 4.39 Å². The highest BCUT2D eigenvalue weighted by Gasteiger charge is 2.30. The smallest absolute Gasteiger partial charge is 0.341 e. The molecule has 2 aliphatic carbocycles. The molecule has 0 radical (unpaired) electrons. The van der Waals surface area contributed by atoms with Crippen molar-refractivity contribution in [1.82, 2.24) is 9.88 Å². The Bertz CT molecular complexity index is 1260. The third-order valence-corrected chi connectivity index (χ3v) is 7.68. The molecule has 0 spiro atoms.